The van der Waals surface area contributed by atoms with Crippen LogP contribution in [0.4, 0.5) is 11.5 Å². The zero-order valence-corrected chi connectivity index (χ0v) is 10.8. The first-order valence-corrected chi connectivity index (χ1v) is 6.08. The van der Waals surface area contributed by atoms with Gasteiger partial charge in [-0.3, -0.25) is 0 Å². The van der Waals surface area contributed by atoms with Gasteiger partial charge in [-0.05, 0) is 24.1 Å². The number of benzene rings is 1. The highest BCUT2D eigenvalue weighted by Gasteiger charge is 2.06. The maximum atomic E-state index is 5.59. The molecule has 94 valence electrons. The molecule has 0 unspecified atom stereocenters. The second-order valence-corrected chi connectivity index (χ2v) is 4.15. The number of anilines is 2. The molecule has 2 aromatic rings. The summed E-state index contributed by atoms with van der Waals surface area (Å²) in [5.74, 6) is 0.905. The number of hydrogen-bond acceptors (Lipinski definition) is 4. The lowest BCUT2D eigenvalue weighted by Crippen LogP contribution is -2.12. The van der Waals surface area contributed by atoms with Crippen LogP contribution in [0.15, 0.2) is 36.7 Å². The molecule has 0 aliphatic rings. The van der Waals surface area contributed by atoms with Crippen LogP contribution in [-0.2, 0) is 13.0 Å². The van der Waals surface area contributed by atoms with Crippen LogP contribution in [0.3, 0.4) is 0 Å². The highest BCUT2D eigenvalue weighted by molar-refractivity contribution is 5.59. The zero-order chi connectivity index (χ0) is 13.0. The van der Waals surface area contributed by atoms with E-state index >= 15 is 0 Å². The van der Waals surface area contributed by atoms with Crippen molar-refractivity contribution >= 4 is 11.5 Å². The Balaban J connectivity index is 2.25. The topological polar surface area (TPSA) is 55.0 Å². The fourth-order valence-corrected chi connectivity index (χ4v) is 1.75. The summed E-state index contributed by atoms with van der Waals surface area (Å²) in [5.41, 5.74) is 8.86. The van der Waals surface area contributed by atoms with Crippen molar-refractivity contribution in [2.75, 3.05) is 11.9 Å². The van der Waals surface area contributed by atoms with Gasteiger partial charge in [0.1, 0.15) is 12.1 Å². The van der Waals surface area contributed by atoms with Gasteiger partial charge in [0.05, 0.1) is 0 Å². The first-order chi connectivity index (χ1) is 8.74. The molecule has 0 radical (unpaired) electrons. The van der Waals surface area contributed by atoms with Crippen LogP contribution in [0.1, 0.15) is 18.2 Å². The number of rotatable bonds is 4. The second kappa shape index (κ2) is 5.60. The average molecular weight is 242 g/mol. The van der Waals surface area contributed by atoms with E-state index < -0.39 is 0 Å². The van der Waals surface area contributed by atoms with E-state index in [0.29, 0.717) is 6.54 Å². The van der Waals surface area contributed by atoms with Crippen molar-refractivity contribution in [3.05, 3.63) is 47.9 Å². The third-order valence-corrected chi connectivity index (χ3v) is 2.97. The van der Waals surface area contributed by atoms with Crippen LogP contribution in [0, 0.1) is 0 Å². The number of nitrogens with zero attached hydrogens (tertiary/aromatic N) is 3. The molecule has 2 N–H and O–H groups in total. The predicted molar refractivity (Wildman–Crippen MR) is 73.8 cm³/mol. The van der Waals surface area contributed by atoms with Gasteiger partial charge < -0.3 is 10.6 Å². The van der Waals surface area contributed by atoms with Gasteiger partial charge in [0.2, 0.25) is 0 Å². The molecule has 0 aliphatic carbocycles. The molecule has 0 atom stereocenters. The summed E-state index contributed by atoms with van der Waals surface area (Å²) in [6, 6.07) is 10.2. The van der Waals surface area contributed by atoms with Gasteiger partial charge in [-0.25, -0.2) is 9.97 Å². The molecule has 2 rings (SSSR count). The summed E-state index contributed by atoms with van der Waals surface area (Å²) in [4.78, 5) is 10.5. The van der Waals surface area contributed by atoms with Crippen LogP contribution in [0.5, 0.6) is 0 Å². The van der Waals surface area contributed by atoms with Crippen LogP contribution in [0.2, 0.25) is 0 Å². The Bertz CT molecular complexity index is 507. The molecule has 1 heterocycles. The molecule has 4 nitrogen and oxygen atoms in total. The lowest BCUT2D eigenvalue weighted by Gasteiger charge is -2.18. The Kier molecular flexibility index (Phi) is 3.89. The lowest BCUT2D eigenvalue weighted by atomic mass is 10.2. The van der Waals surface area contributed by atoms with Gasteiger partial charge in [0.15, 0.2) is 0 Å². The zero-order valence-electron chi connectivity index (χ0n) is 10.8. The molecular formula is C14H18N4. The Hall–Kier alpha value is -1.94. The molecule has 0 spiro atoms. The Labute approximate surface area is 107 Å². The van der Waals surface area contributed by atoms with Crippen molar-refractivity contribution in [2.45, 2.75) is 19.9 Å². The minimum Gasteiger partial charge on any atom is -0.329 e. The summed E-state index contributed by atoms with van der Waals surface area (Å²) in [7, 11) is 2.00. The molecule has 0 bridgehead atoms. The maximum absolute atomic E-state index is 5.59. The van der Waals surface area contributed by atoms with E-state index in [0.717, 1.165) is 29.2 Å². The fourth-order valence-electron chi connectivity index (χ4n) is 1.75. The quantitative estimate of drug-likeness (QED) is 0.893. The average Bonchev–Trinajstić information content (AvgIpc) is 2.46. The summed E-state index contributed by atoms with van der Waals surface area (Å²) >= 11 is 0. The predicted octanol–water partition coefficient (Wildman–Crippen LogP) is 2.27. The SMILES string of the molecule is CCc1cc(N(C)c2ccc(CN)cc2)ncn1. The third kappa shape index (κ3) is 2.65. The molecule has 0 aliphatic heterocycles. The van der Waals surface area contributed by atoms with Gasteiger partial charge in [0, 0.05) is 31.0 Å². The molecule has 0 saturated carbocycles. The van der Waals surface area contributed by atoms with Gasteiger partial charge in [-0.1, -0.05) is 19.1 Å². The van der Waals surface area contributed by atoms with Crippen LogP contribution >= 0.6 is 0 Å². The largest absolute Gasteiger partial charge is 0.329 e. The first-order valence-electron chi connectivity index (χ1n) is 6.08. The van der Waals surface area contributed by atoms with Gasteiger partial charge in [0.25, 0.3) is 0 Å². The molecular weight excluding hydrogens is 224 g/mol. The fraction of sp³-hybridized carbons (Fsp3) is 0.286. The van der Waals surface area contributed by atoms with Crippen molar-refractivity contribution in [3.8, 4) is 0 Å². The molecule has 1 aromatic carbocycles. The van der Waals surface area contributed by atoms with Crippen molar-refractivity contribution < 1.29 is 0 Å². The lowest BCUT2D eigenvalue weighted by molar-refractivity contribution is 0.979. The monoisotopic (exact) mass is 242 g/mol. The van der Waals surface area contributed by atoms with E-state index in [1.165, 1.54) is 0 Å². The molecule has 0 saturated heterocycles. The Morgan fingerprint density at radius 3 is 2.50 bits per heavy atom. The van der Waals surface area contributed by atoms with Crippen molar-refractivity contribution in [1.82, 2.24) is 9.97 Å². The standard InChI is InChI=1S/C14H18N4/c1-3-12-8-14(17-10-16-12)18(2)13-6-4-11(9-15)5-7-13/h4-8,10H,3,9,15H2,1-2H3. The van der Waals surface area contributed by atoms with Crippen LogP contribution in [-0.4, -0.2) is 17.0 Å². The van der Waals surface area contributed by atoms with Crippen molar-refractivity contribution in [3.63, 3.8) is 0 Å². The van der Waals surface area contributed by atoms with E-state index in [9.17, 15) is 0 Å². The molecule has 1 aromatic heterocycles. The van der Waals surface area contributed by atoms with E-state index in [-0.39, 0.29) is 0 Å². The number of hydrogen-bond donors (Lipinski definition) is 1. The van der Waals surface area contributed by atoms with E-state index in [1.807, 2.05) is 30.1 Å². The summed E-state index contributed by atoms with van der Waals surface area (Å²) in [6.07, 6.45) is 2.52. The molecule has 0 amide bonds. The summed E-state index contributed by atoms with van der Waals surface area (Å²) in [6.45, 7) is 2.65. The number of aromatic nitrogens is 2. The molecule has 18 heavy (non-hydrogen) atoms. The number of nitrogens with two attached hydrogens (primary N) is 1. The van der Waals surface area contributed by atoms with E-state index in [2.05, 4.69) is 29.0 Å². The normalized spacial score (nSPS) is 10.4. The minimum atomic E-state index is 0.567. The number of aryl methyl sites for hydroxylation is 1. The Morgan fingerprint density at radius 2 is 1.89 bits per heavy atom. The van der Waals surface area contributed by atoms with E-state index in [1.54, 1.807) is 6.33 Å². The highest BCUT2D eigenvalue weighted by atomic mass is 15.2. The third-order valence-electron chi connectivity index (χ3n) is 2.97. The van der Waals surface area contributed by atoms with Gasteiger partial charge >= 0.3 is 0 Å². The highest BCUT2D eigenvalue weighted by Crippen LogP contribution is 2.21. The van der Waals surface area contributed by atoms with Crippen LogP contribution < -0.4 is 10.6 Å². The van der Waals surface area contributed by atoms with Crippen LogP contribution in [0.25, 0.3) is 0 Å². The molecule has 0 fully saturated rings. The summed E-state index contributed by atoms with van der Waals surface area (Å²) in [5, 5.41) is 0. The van der Waals surface area contributed by atoms with E-state index in [4.69, 9.17) is 5.73 Å². The Morgan fingerprint density at radius 1 is 1.17 bits per heavy atom. The maximum Gasteiger partial charge on any atom is 0.136 e. The first kappa shape index (κ1) is 12.5. The smallest absolute Gasteiger partial charge is 0.136 e. The molecule has 4 heteroatoms. The van der Waals surface area contributed by atoms with Gasteiger partial charge in [-0.2, -0.15) is 0 Å². The van der Waals surface area contributed by atoms with Crippen molar-refractivity contribution in [1.29, 1.82) is 0 Å². The minimum absolute atomic E-state index is 0.567. The summed E-state index contributed by atoms with van der Waals surface area (Å²) < 4.78 is 0. The second-order valence-electron chi connectivity index (χ2n) is 4.15. The van der Waals surface area contributed by atoms with Crippen molar-refractivity contribution in [2.24, 2.45) is 5.73 Å². The van der Waals surface area contributed by atoms with Gasteiger partial charge in [-0.15, -0.1) is 0 Å².